The van der Waals surface area contributed by atoms with Gasteiger partial charge in [-0.15, -0.1) is 0 Å². The zero-order valence-corrected chi connectivity index (χ0v) is 17.6. The number of carbonyl (C=O) groups is 1. The van der Waals surface area contributed by atoms with E-state index in [4.69, 9.17) is 14.2 Å². The van der Waals surface area contributed by atoms with E-state index in [1.165, 1.54) is 0 Å². The Balaban J connectivity index is 1.58. The molecule has 2 heterocycles. The molecule has 1 unspecified atom stereocenters. The summed E-state index contributed by atoms with van der Waals surface area (Å²) in [6.07, 6.45) is 2.64. The monoisotopic (exact) mass is 393 g/mol. The number of benzene rings is 2. The van der Waals surface area contributed by atoms with E-state index in [1.807, 2.05) is 44.2 Å². The Morgan fingerprint density at radius 3 is 2.79 bits per heavy atom. The molecule has 0 aromatic heterocycles. The molecule has 2 aromatic carbocycles. The van der Waals surface area contributed by atoms with Crippen LogP contribution in [-0.2, 0) is 11.2 Å². The predicted molar refractivity (Wildman–Crippen MR) is 113 cm³/mol. The average molecular weight is 393 g/mol. The van der Waals surface area contributed by atoms with Gasteiger partial charge >= 0.3 is 0 Å². The van der Waals surface area contributed by atoms with Crippen molar-refractivity contribution in [1.29, 1.82) is 0 Å². The van der Waals surface area contributed by atoms with Crippen molar-refractivity contribution in [2.75, 3.05) is 13.7 Å². The van der Waals surface area contributed by atoms with Gasteiger partial charge in [-0.25, -0.2) is 0 Å². The summed E-state index contributed by atoms with van der Waals surface area (Å²) < 4.78 is 17.3. The van der Waals surface area contributed by atoms with Gasteiger partial charge in [0.15, 0.2) is 11.5 Å². The number of methoxy groups -OCH3 is 1. The van der Waals surface area contributed by atoms with Crippen LogP contribution in [0.5, 0.6) is 17.2 Å². The van der Waals surface area contributed by atoms with Crippen LogP contribution >= 0.6 is 0 Å². The van der Waals surface area contributed by atoms with Crippen molar-refractivity contribution in [1.82, 2.24) is 5.32 Å². The van der Waals surface area contributed by atoms with Crippen LogP contribution in [0.1, 0.15) is 49.1 Å². The first-order valence-electron chi connectivity index (χ1n) is 9.92. The molecule has 0 saturated heterocycles. The topological polar surface area (TPSA) is 56.8 Å². The fraction of sp³-hybridized carbons (Fsp3) is 0.375. The number of fused-ring (bicyclic) bond motifs is 2. The normalized spacial score (nSPS) is 17.2. The van der Waals surface area contributed by atoms with Crippen LogP contribution in [0.2, 0.25) is 0 Å². The van der Waals surface area contributed by atoms with Gasteiger partial charge in [0.1, 0.15) is 18.0 Å². The number of aryl methyl sites for hydroxylation is 1. The van der Waals surface area contributed by atoms with Crippen LogP contribution in [0.3, 0.4) is 0 Å². The predicted octanol–water partition coefficient (Wildman–Crippen LogP) is 4.37. The quantitative estimate of drug-likeness (QED) is 0.838. The Morgan fingerprint density at radius 1 is 1.24 bits per heavy atom. The lowest BCUT2D eigenvalue weighted by molar-refractivity contribution is -0.116. The second-order valence-corrected chi connectivity index (χ2v) is 8.33. The van der Waals surface area contributed by atoms with Crippen molar-refractivity contribution in [3.05, 3.63) is 58.7 Å². The molecule has 2 aliphatic rings. The van der Waals surface area contributed by atoms with Gasteiger partial charge in [-0.1, -0.05) is 18.2 Å². The molecule has 0 spiro atoms. The minimum absolute atomic E-state index is 0.108. The summed E-state index contributed by atoms with van der Waals surface area (Å²) in [7, 11) is 1.64. The second kappa shape index (κ2) is 7.14. The van der Waals surface area contributed by atoms with Gasteiger partial charge in [-0.3, -0.25) is 4.79 Å². The number of amides is 1. The molecule has 0 aliphatic carbocycles. The van der Waals surface area contributed by atoms with Gasteiger partial charge in [-0.05, 0) is 57.0 Å². The largest absolute Gasteiger partial charge is 0.493 e. The first kappa shape index (κ1) is 19.4. The van der Waals surface area contributed by atoms with Crippen molar-refractivity contribution in [2.24, 2.45) is 0 Å². The zero-order valence-electron chi connectivity index (χ0n) is 17.6. The number of para-hydroxylation sites is 1. The Labute approximate surface area is 171 Å². The minimum atomic E-state index is -0.255. The van der Waals surface area contributed by atoms with Crippen molar-refractivity contribution >= 4 is 11.5 Å². The summed E-state index contributed by atoms with van der Waals surface area (Å²) in [5.41, 5.74) is 4.36. The Morgan fingerprint density at radius 2 is 2.03 bits per heavy atom. The van der Waals surface area contributed by atoms with Gasteiger partial charge in [-0.2, -0.15) is 0 Å². The fourth-order valence-electron chi connectivity index (χ4n) is 4.05. The maximum Gasteiger partial charge on any atom is 0.252 e. The van der Waals surface area contributed by atoms with E-state index in [9.17, 15) is 4.79 Å². The summed E-state index contributed by atoms with van der Waals surface area (Å²) in [6.45, 7) is 8.50. The maximum absolute atomic E-state index is 13.1. The van der Waals surface area contributed by atoms with Gasteiger partial charge in [0.25, 0.3) is 5.91 Å². The summed E-state index contributed by atoms with van der Waals surface area (Å²) in [4.78, 5) is 13.1. The van der Waals surface area contributed by atoms with Crippen molar-refractivity contribution in [3.8, 4) is 17.2 Å². The number of carbonyl (C=O) groups excluding carboxylic acids is 1. The molecule has 4 rings (SSSR count). The minimum Gasteiger partial charge on any atom is -0.493 e. The number of hydrogen-bond acceptors (Lipinski definition) is 4. The van der Waals surface area contributed by atoms with Crippen LogP contribution in [0.15, 0.2) is 36.4 Å². The van der Waals surface area contributed by atoms with E-state index in [-0.39, 0.29) is 17.6 Å². The van der Waals surface area contributed by atoms with E-state index in [1.54, 1.807) is 7.11 Å². The van der Waals surface area contributed by atoms with Crippen molar-refractivity contribution in [2.45, 2.75) is 45.8 Å². The summed E-state index contributed by atoms with van der Waals surface area (Å²) in [6, 6.07) is 9.73. The second-order valence-electron chi connectivity index (χ2n) is 8.33. The highest BCUT2D eigenvalue weighted by Gasteiger charge is 2.33. The molecule has 0 radical (unpaired) electrons. The molecule has 5 heteroatoms. The Hall–Kier alpha value is -2.95. The van der Waals surface area contributed by atoms with Gasteiger partial charge in [0.2, 0.25) is 0 Å². The molecule has 0 bridgehead atoms. The third-order valence-electron chi connectivity index (χ3n) is 5.48. The maximum atomic E-state index is 13.1. The molecule has 1 N–H and O–H groups in total. The molecule has 0 fully saturated rings. The lowest BCUT2D eigenvalue weighted by atomic mass is 9.96. The van der Waals surface area contributed by atoms with Crippen LogP contribution in [0.25, 0.3) is 5.57 Å². The first-order chi connectivity index (χ1) is 13.8. The van der Waals surface area contributed by atoms with E-state index in [2.05, 4.69) is 25.2 Å². The van der Waals surface area contributed by atoms with E-state index < -0.39 is 0 Å². The molecular formula is C24H27NO4. The van der Waals surface area contributed by atoms with Crippen molar-refractivity contribution in [3.63, 3.8) is 0 Å². The summed E-state index contributed by atoms with van der Waals surface area (Å²) >= 11 is 0. The number of hydrogen-bond donors (Lipinski definition) is 1. The van der Waals surface area contributed by atoms with Crippen LogP contribution in [0.4, 0.5) is 0 Å². The zero-order chi connectivity index (χ0) is 20.8. The number of rotatable bonds is 4. The molecule has 152 valence electrons. The summed E-state index contributed by atoms with van der Waals surface area (Å²) in [5, 5.41) is 3.13. The lowest BCUT2D eigenvalue weighted by Gasteiger charge is -2.22. The van der Waals surface area contributed by atoms with E-state index >= 15 is 0 Å². The highest BCUT2D eigenvalue weighted by atomic mass is 16.5. The number of ether oxygens (including phenoxy) is 3. The van der Waals surface area contributed by atoms with Gasteiger partial charge < -0.3 is 19.5 Å². The molecule has 0 saturated carbocycles. The standard InChI is InChI=1S/C24H27NO4/c1-14-7-6-8-18-19(9-10-28-21(14)18)23(26)25-15(2)16-11-17-13-24(3,4)29-22(17)20(12-16)27-5/h6-9,11-12,15H,10,13H2,1-5H3,(H,25,26). The molecule has 2 aromatic rings. The van der Waals surface area contributed by atoms with E-state index in [0.29, 0.717) is 17.9 Å². The molecule has 2 aliphatic heterocycles. The van der Waals surface area contributed by atoms with E-state index in [0.717, 1.165) is 40.2 Å². The number of nitrogens with one attached hydrogen (secondary N) is 1. The van der Waals surface area contributed by atoms with Crippen molar-refractivity contribution < 1.29 is 19.0 Å². The first-order valence-corrected chi connectivity index (χ1v) is 9.92. The highest BCUT2D eigenvalue weighted by Crippen LogP contribution is 2.43. The van der Waals surface area contributed by atoms with Crippen LogP contribution in [0, 0.1) is 6.92 Å². The molecular weight excluding hydrogens is 366 g/mol. The van der Waals surface area contributed by atoms with Crippen LogP contribution < -0.4 is 19.5 Å². The summed E-state index contributed by atoms with van der Waals surface area (Å²) in [5.74, 6) is 2.18. The Bertz CT molecular complexity index is 1010. The molecule has 1 atom stereocenters. The molecule has 5 nitrogen and oxygen atoms in total. The third kappa shape index (κ3) is 3.57. The molecule has 29 heavy (non-hydrogen) atoms. The SMILES string of the molecule is COc1cc(C(C)NC(=O)C2=CCOc3c(C)cccc32)cc2c1OC(C)(C)C2. The smallest absolute Gasteiger partial charge is 0.252 e. The van der Waals surface area contributed by atoms with Gasteiger partial charge in [0.05, 0.1) is 13.2 Å². The van der Waals surface area contributed by atoms with Gasteiger partial charge in [0, 0.05) is 23.1 Å². The fourth-order valence-corrected chi connectivity index (χ4v) is 4.05. The molecule has 1 amide bonds. The lowest BCUT2D eigenvalue weighted by Crippen LogP contribution is -2.29. The average Bonchev–Trinajstić information content (AvgIpc) is 3.00. The third-order valence-corrected chi connectivity index (χ3v) is 5.48. The Kier molecular flexibility index (Phi) is 4.77. The van der Waals surface area contributed by atoms with Crippen LogP contribution in [-0.4, -0.2) is 25.2 Å². The highest BCUT2D eigenvalue weighted by molar-refractivity contribution is 6.20.